The molecular formula is C15H27N3O2S. The first-order valence-electron chi connectivity index (χ1n) is 7.35. The summed E-state index contributed by atoms with van der Waals surface area (Å²) in [6.07, 6.45) is 2.05. The molecule has 0 heterocycles. The van der Waals surface area contributed by atoms with Gasteiger partial charge in [0.2, 0.25) is 10.0 Å². The SMILES string of the molecule is CCC(CC)C(N)CNc1ccccc1S(=O)(=O)N(C)C. The molecule has 0 aliphatic heterocycles. The monoisotopic (exact) mass is 313 g/mol. The first-order valence-corrected chi connectivity index (χ1v) is 8.79. The van der Waals surface area contributed by atoms with Crippen molar-refractivity contribution in [1.82, 2.24) is 4.31 Å². The van der Waals surface area contributed by atoms with Gasteiger partial charge in [0.25, 0.3) is 0 Å². The highest BCUT2D eigenvalue weighted by Gasteiger charge is 2.21. The van der Waals surface area contributed by atoms with Gasteiger partial charge in [-0.15, -0.1) is 0 Å². The van der Waals surface area contributed by atoms with E-state index in [0.717, 1.165) is 12.8 Å². The molecule has 21 heavy (non-hydrogen) atoms. The van der Waals surface area contributed by atoms with Crippen molar-refractivity contribution in [3.05, 3.63) is 24.3 Å². The summed E-state index contributed by atoms with van der Waals surface area (Å²) in [5.74, 6) is 0.440. The van der Waals surface area contributed by atoms with Crippen molar-refractivity contribution < 1.29 is 8.42 Å². The van der Waals surface area contributed by atoms with Gasteiger partial charge in [0.1, 0.15) is 4.90 Å². The molecule has 120 valence electrons. The lowest BCUT2D eigenvalue weighted by molar-refractivity contribution is 0.407. The number of nitrogens with two attached hydrogens (primary N) is 1. The van der Waals surface area contributed by atoms with E-state index in [1.807, 2.05) is 6.07 Å². The third-order valence-electron chi connectivity index (χ3n) is 3.83. The van der Waals surface area contributed by atoms with Crippen LogP contribution in [0.5, 0.6) is 0 Å². The zero-order valence-corrected chi connectivity index (χ0v) is 14.2. The fourth-order valence-electron chi connectivity index (χ4n) is 2.32. The van der Waals surface area contributed by atoms with E-state index in [1.165, 1.54) is 18.4 Å². The van der Waals surface area contributed by atoms with Crippen LogP contribution < -0.4 is 11.1 Å². The number of sulfonamides is 1. The van der Waals surface area contributed by atoms with Crippen molar-refractivity contribution in [1.29, 1.82) is 0 Å². The molecule has 1 aromatic carbocycles. The Balaban J connectivity index is 2.91. The van der Waals surface area contributed by atoms with Gasteiger partial charge >= 0.3 is 0 Å². The number of rotatable bonds is 8. The van der Waals surface area contributed by atoms with Crippen molar-refractivity contribution in [2.45, 2.75) is 37.6 Å². The van der Waals surface area contributed by atoms with Gasteiger partial charge < -0.3 is 11.1 Å². The van der Waals surface area contributed by atoms with Crippen LogP contribution in [0.25, 0.3) is 0 Å². The van der Waals surface area contributed by atoms with Crippen LogP contribution in [0.15, 0.2) is 29.2 Å². The van der Waals surface area contributed by atoms with Gasteiger partial charge in [0, 0.05) is 26.7 Å². The summed E-state index contributed by atoms with van der Waals surface area (Å²) in [7, 11) is -0.397. The summed E-state index contributed by atoms with van der Waals surface area (Å²) >= 11 is 0. The quantitative estimate of drug-likeness (QED) is 0.771. The molecule has 0 amide bonds. The van der Waals surface area contributed by atoms with Gasteiger partial charge in [-0.05, 0) is 18.1 Å². The minimum absolute atomic E-state index is 0.00937. The third-order valence-corrected chi connectivity index (χ3v) is 5.70. The van der Waals surface area contributed by atoms with E-state index in [2.05, 4.69) is 19.2 Å². The van der Waals surface area contributed by atoms with E-state index in [1.54, 1.807) is 18.2 Å². The number of nitrogens with zero attached hydrogens (tertiary/aromatic N) is 1. The number of anilines is 1. The van der Waals surface area contributed by atoms with Gasteiger partial charge in [-0.3, -0.25) is 0 Å². The van der Waals surface area contributed by atoms with E-state index in [4.69, 9.17) is 5.73 Å². The summed E-state index contributed by atoms with van der Waals surface area (Å²) in [4.78, 5) is 0.284. The highest BCUT2D eigenvalue weighted by molar-refractivity contribution is 7.89. The molecule has 0 radical (unpaired) electrons. The van der Waals surface area contributed by atoms with Crippen LogP contribution in [0.4, 0.5) is 5.69 Å². The Morgan fingerprint density at radius 2 is 1.76 bits per heavy atom. The lowest BCUT2D eigenvalue weighted by atomic mass is 9.95. The summed E-state index contributed by atoms with van der Waals surface area (Å²) in [6.45, 7) is 4.81. The van der Waals surface area contributed by atoms with E-state index < -0.39 is 10.0 Å². The molecule has 3 N–H and O–H groups in total. The third kappa shape index (κ3) is 4.43. The van der Waals surface area contributed by atoms with Crippen molar-refractivity contribution in [3.63, 3.8) is 0 Å². The second-order valence-corrected chi connectivity index (χ2v) is 7.53. The molecule has 0 aromatic heterocycles. The second-order valence-electron chi connectivity index (χ2n) is 5.40. The molecule has 6 heteroatoms. The van der Waals surface area contributed by atoms with Gasteiger partial charge in [0.15, 0.2) is 0 Å². The Hall–Kier alpha value is -1.11. The minimum atomic E-state index is -3.46. The van der Waals surface area contributed by atoms with E-state index in [-0.39, 0.29) is 10.9 Å². The normalized spacial score (nSPS) is 13.7. The van der Waals surface area contributed by atoms with Crippen molar-refractivity contribution in [2.75, 3.05) is 26.0 Å². The molecular weight excluding hydrogens is 286 g/mol. The zero-order chi connectivity index (χ0) is 16.0. The van der Waals surface area contributed by atoms with E-state index >= 15 is 0 Å². The minimum Gasteiger partial charge on any atom is -0.382 e. The van der Waals surface area contributed by atoms with Crippen LogP contribution in [0.3, 0.4) is 0 Å². The largest absolute Gasteiger partial charge is 0.382 e. The molecule has 1 atom stereocenters. The van der Waals surface area contributed by atoms with Crippen LogP contribution in [-0.4, -0.2) is 39.4 Å². The Kier molecular flexibility index (Phi) is 6.64. The number of hydrogen-bond donors (Lipinski definition) is 2. The van der Waals surface area contributed by atoms with E-state index in [0.29, 0.717) is 18.2 Å². The molecule has 5 nitrogen and oxygen atoms in total. The first-order chi connectivity index (χ1) is 9.84. The molecule has 1 rings (SSSR count). The predicted molar refractivity (Wildman–Crippen MR) is 87.9 cm³/mol. The molecule has 0 aliphatic carbocycles. The highest BCUT2D eigenvalue weighted by atomic mass is 32.2. The topological polar surface area (TPSA) is 75.4 Å². The van der Waals surface area contributed by atoms with Gasteiger partial charge in [-0.2, -0.15) is 0 Å². The number of para-hydroxylation sites is 1. The molecule has 0 saturated carbocycles. The molecule has 1 unspecified atom stereocenters. The van der Waals surface area contributed by atoms with Crippen molar-refractivity contribution in [2.24, 2.45) is 11.7 Å². The van der Waals surface area contributed by atoms with E-state index in [9.17, 15) is 8.42 Å². The summed E-state index contributed by atoms with van der Waals surface area (Å²) in [5, 5.41) is 3.19. The Morgan fingerprint density at radius 1 is 1.19 bits per heavy atom. The lowest BCUT2D eigenvalue weighted by Crippen LogP contribution is -2.36. The summed E-state index contributed by atoms with van der Waals surface area (Å²) in [6, 6.07) is 6.94. The van der Waals surface area contributed by atoms with Gasteiger partial charge in [-0.1, -0.05) is 38.8 Å². The summed E-state index contributed by atoms with van der Waals surface area (Å²) in [5.41, 5.74) is 6.79. The molecule has 0 fully saturated rings. The maximum Gasteiger partial charge on any atom is 0.244 e. The molecule has 0 bridgehead atoms. The fraction of sp³-hybridized carbons (Fsp3) is 0.600. The lowest BCUT2D eigenvalue weighted by Gasteiger charge is -2.23. The van der Waals surface area contributed by atoms with Crippen molar-refractivity contribution in [3.8, 4) is 0 Å². The maximum absolute atomic E-state index is 12.3. The maximum atomic E-state index is 12.3. The van der Waals surface area contributed by atoms with Crippen LogP contribution in [0.1, 0.15) is 26.7 Å². The number of nitrogens with one attached hydrogen (secondary N) is 1. The summed E-state index contributed by atoms with van der Waals surface area (Å²) < 4.78 is 25.8. The predicted octanol–water partition coefficient (Wildman–Crippen LogP) is 2.11. The second kappa shape index (κ2) is 7.77. The Labute approximate surface area is 128 Å². The van der Waals surface area contributed by atoms with Gasteiger partial charge in [-0.25, -0.2) is 12.7 Å². The van der Waals surface area contributed by atoms with Crippen LogP contribution in [0, 0.1) is 5.92 Å². The Morgan fingerprint density at radius 3 is 2.29 bits per heavy atom. The van der Waals surface area contributed by atoms with Crippen LogP contribution in [0.2, 0.25) is 0 Å². The fourth-order valence-corrected chi connectivity index (χ4v) is 3.39. The highest BCUT2D eigenvalue weighted by Crippen LogP contribution is 2.23. The molecule has 0 spiro atoms. The van der Waals surface area contributed by atoms with Gasteiger partial charge in [0.05, 0.1) is 5.69 Å². The van der Waals surface area contributed by atoms with Crippen molar-refractivity contribution >= 4 is 15.7 Å². The molecule has 0 saturated heterocycles. The first kappa shape index (κ1) is 17.9. The molecule has 0 aliphatic rings. The smallest absolute Gasteiger partial charge is 0.244 e. The number of hydrogen-bond acceptors (Lipinski definition) is 4. The standard InChI is InChI=1S/C15H27N3O2S/c1-5-12(6-2)13(16)11-17-14-9-7-8-10-15(14)21(19,20)18(3)4/h7-10,12-13,17H,5-6,11,16H2,1-4H3. The average Bonchev–Trinajstić information content (AvgIpc) is 2.46. The Bertz CT molecular complexity index is 540. The molecule has 1 aromatic rings. The zero-order valence-electron chi connectivity index (χ0n) is 13.3. The average molecular weight is 313 g/mol. The van der Waals surface area contributed by atoms with Crippen LogP contribution >= 0.6 is 0 Å². The van der Waals surface area contributed by atoms with Crippen LogP contribution in [-0.2, 0) is 10.0 Å². The number of benzene rings is 1.